The Hall–Kier alpha value is -4.08. The number of aromatic nitrogens is 5. The largest absolute Gasteiger partial charge is 0.493 e. The molecule has 1 aliphatic rings. The number of halogens is 1. The van der Waals surface area contributed by atoms with Crippen molar-refractivity contribution in [3.8, 4) is 11.4 Å². The van der Waals surface area contributed by atoms with Crippen molar-refractivity contribution in [2.75, 3.05) is 37.7 Å². The highest BCUT2D eigenvalue weighted by Crippen LogP contribution is 2.25. The maximum atomic E-state index is 13.7. The number of rotatable bonds is 5. The van der Waals surface area contributed by atoms with Gasteiger partial charge in [0.1, 0.15) is 17.9 Å². The third kappa shape index (κ3) is 3.95. The Kier molecular flexibility index (Phi) is 5.55. The number of carbonyl (C=O) groups is 1. The smallest absolute Gasteiger partial charge is 0.257 e. The van der Waals surface area contributed by atoms with Crippen LogP contribution in [0.1, 0.15) is 17.3 Å². The standard InChI is InChI=1S/C23H22FN7O2/c1-2-33-19-9-4-3-8-18(19)23(32)30-12-10-29(11-13-30)21-20-22(26-15-25-21)31(28-27-20)17-7-5-6-16(24)14-17/h3-9,14-15H,2,10-13H2,1H3. The molecule has 1 saturated heterocycles. The van der Waals surface area contributed by atoms with E-state index in [4.69, 9.17) is 4.74 Å². The number of carbonyl (C=O) groups excluding carboxylic acids is 1. The van der Waals surface area contributed by atoms with E-state index in [1.54, 1.807) is 18.2 Å². The fourth-order valence-electron chi connectivity index (χ4n) is 3.97. The summed E-state index contributed by atoms with van der Waals surface area (Å²) in [4.78, 5) is 25.7. The van der Waals surface area contributed by atoms with E-state index in [-0.39, 0.29) is 11.7 Å². The second-order valence-corrected chi connectivity index (χ2v) is 7.56. The Bertz CT molecular complexity index is 1300. The van der Waals surface area contributed by atoms with Gasteiger partial charge in [0.25, 0.3) is 5.91 Å². The van der Waals surface area contributed by atoms with E-state index in [1.165, 1.54) is 23.1 Å². The number of nitrogens with zero attached hydrogens (tertiary/aromatic N) is 7. The molecule has 10 heteroatoms. The van der Waals surface area contributed by atoms with Crippen LogP contribution in [0.4, 0.5) is 10.2 Å². The highest BCUT2D eigenvalue weighted by Gasteiger charge is 2.27. The predicted octanol–water partition coefficient (Wildman–Crippen LogP) is 2.71. The molecule has 0 atom stereocenters. The Labute approximate surface area is 189 Å². The molecule has 5 rings (SSSR count). The molecule has 9 nitrogen and oxygen atoms in total. The van der Waals surface area contributed by atoms with E-state index < -0.39 is 0 Å². The van der Waals surface area contributed by atoms with E-state index >= 15 is 0 Å². The minimum Gasteiger partial charge on any atom is -0.493 e. The Morgan fingerprint density at radius 1 is 1.06 bits per heavy atom. The number of piperazine rings is 1. The summed E-state index contributed by atoms with van der Waals surface area (Å²) in [5.41, 5.74) is 2.12. The maximum absolute atomic E-state index is 13.7. The lowest BCUT2D eigenvalue weighted by Gasteiger charge is -2.35. The fraction of sp³-hybridized carbons (Fsp3) is 0.261. The first-order valence-corrected chi connectivity index (χ1v) is 10.7. The molecule has 168 valence electrons. The number of para-hydroxylation sites is 1. The Morgan fingerprint density at radius 2 is 1.88 bits per heavy atom. The first-order valence-electron chi connectivity index (χ1n) is 10.7. The molecule has 0 unspecified atom stereocenters. The van der Waals surface area contributed by atoms with Crippen LogP contribution in [0.25, 0.3) is 16.9 Å². The molecule has 3 heterocycles. The molecular formula is C23H22FN7O2. The molecular weight excluding hydrogens is 425 g/mol. The first-order chi connectivity index (χ1) is 16.2. The van der Waals surface area contributed by atoms with E-state index in [0.717, 1.165) is 0 Å². The average molecular weight is 447 g/mol. The third-order valence-corrected chi connectivity index (χ3v) is 5.55. The number of anilines is 1. The molecule has 33 heavy (non-hydrogen) atoms. The van der Waals surface area contributed by atoms with Gasteiger partial charge in [-0.2, -0.15) is 4.68 Å². The molecule has 1 aliphatic heterocycles. The summed E-state index contributed by atoms with van der Waals surface area (Å²) in [6.45, 7) is 4.62. The molecule has 0 N–H and O–H groups in total. The van der Waals surface area contributed by atoms with Gasteiger partial charge in [-0.1, -0.05) is 23.4 Å². The van der Waals surface area contributed by atoms with E-state index in [0.29, 0.717) is 66.8 Å². The van der Waals surface area contributed by atoms with Gasteiger partial charge >= 0.3 is 0 Å². The van der Waals surface area contributed by atoms with Crippen molar-refractivity contribution in [2.24, 2.45) is 0 Å². The van der Waals surface area contributed by atoms with Gasteiger partial charge in [-0.15, -0.1) is 5.10 Å². The van der Waals surface area contributed by atoms with E-state index in [9.17, 15) is 9.18 Å². The van der Waals surface area contributed by atoms with Crippen molar-refractivity contribution >= 4 is 22.9 Å². The van der Waals surface area contributed by atoms with Gasteiger partial charge in [-0.05, 0) is 37.3 Å². The lowest BCUT2D eigenvalue weighted by molar-refractivity contribution is 0.0742. The van der Waals surface area contributed by atoms with Crippen LogP contribution in [0.5, 0.6) is 5.75 Å². The van der Waals surface area contributed by atoms with Crippen LogP contribution in [0.3, 0.4) is 0 Å². The van der Waals surface area contributed by atoms with Crippen LogP contribution < -0.4 is 9.64 Å². The van der Waals surface area contributed by atoms with Gasteiger partial charge in [0, 0.05) is 26.2 Å². The summed E-state index contributed by atoms with van der Waals surface area (Å²) in [6.07, 6.45) is 1.45. The quantitative estimate of drug-likeness (QED) is 0.465. The second kappa shape index (κ2) is 8.81. The van der Waals surface area contributed by atoms with Gasteiger partial charge in [0.15, 0.2) is 17.0 Å². The molecule has 0 bridgehead atoms. The molecule has 0 spiro atoms. The third-order valence-electron chi connectivity index (χ3n) is 5.55. The van der Waals surface area contributed by atoms with Gasteiger partial charge in [-0.25, -0.2) is 14.4 Å². The lowest BCUT2D eigenvalue weighted by atomic mass is 10.1. The van der Waals surface area contributed by atoms with Crippen LogP contribution in [-0.2, 0) is 0 Å². The second-order valence-electron chi connectivity index (χ2n) is 7.56. The Balaban J connectivity index is 1.36. The molecule has 2 aromatic heterocycles. The summed E-state index contributed by atoms with van der Waals surface area (Å²) >= 11 is 0. The van der Waals surface area contributed by atoms with Gasteiger partial charge in [0.2, 0.25) is 0 Å². The van der Waals surface area contributed by atoms with Gasteiger partial charge in [-0.3, -0.25) is 4.79 Å². The minimum atomic E-state index is -0.364. The zero-order valence-electron chi connectivity index (χ0n) is 18.1. The van der Waals surface area contributed by atoms with Crippen molar-refractivity contribution in [2.45, 2.75) is 6.92 Å². The SMILES string of the molecule is CCOc1ccccc1C(=O)N1CCN(c2ncnc3c2nnn3-c2cccc(F)c2)CC1. The zero-order chi connectivity index (χ0) is 22.8. The highest BCUT2D eigenvalue weighted by molar-refractivity contribution is 5.97. The fourth-order valence-corrected chi connectivity index (χ4v) is 3.97. The first kappa shape index (κ1) is 20.8. The van der Waals surface area contributed by atoms with Crippen LogP contribution >= 0.6 is 0 Å². The summed E-state index contributed by atoms with van der Waals surface area (Å²) < 4.78 is 20.8. The van der Waals surface area contributed by atoms with Gasteiger partial charge < -0.3 is 14.5 Å². The van der Waals surface area contributed by atoms with Crippen LogP contribution in [-0.4, -0.2) is 68.6 Å². The van der Waals surface area contributed by atoms with Crippen LogP contribution in [0, 0.1) is 5.82 Å². The summed E-state index contributed by atoms with van der Waals surface area (Å²) in [5.74, 6) is 0.823. The van der Waals surface area contributed by atoms with Crippen molar-refractivity contribution in [1.82, 2.24) is 29.9 Å². The van der Waals surface area contributed by atoms with E-state index in [1.807, 2.05) is 30.0 Å². The van der Waals surface area contributed by atoms with E-state index in [2.05, 4.69) is 25.2 Å². The van der Waals surface area contributed by atoms with Crippen molar-refractivity contribution in [3.63, 3.8) is 0 Å². The highest BCUT2D eigenvalue weighted by atomic mass is 19.1. The van der Waals surface area contributed by atoms with Crippen LogP contribution in [0.15, 0.2) is 54.9 Å². The molecule has 0 saturated carbocycles. The number of hydrogen-bond donors (Lipinski definition) is 0. The molecule has 2 aromatic carbocycles. The maximum Gasteiger partial charge on any atom is 0.257 e. The van der Waals surface area contributed by atoms with Gasteiger partial charge in [0.05, 0.1) is 17.9 Å². The van der Waals surface area contributed by atoms with Crippen molar-refractivity contribution in [1.29, 1.82) is 0 Å². The zero-order valence-corrected chi connectivity index (χ0v) is 18.1. The molecule has 0 radical (unpaired) electrons. The van der Waals surface area contributed by atoms with Crippen LogP contribution in [0.2, 0.25) is 0 Å². The monoisotopic (exact) mass is 447 g/mol. The lowest BCUT2D eigenvalue weighted by Crippen LogP contribution is -2.49. The summed E-state index contributed by atoms with van der Waals surface area (Å²) in [6, 6.07) is 13.4. The van der Waals surface area contributed by atoms with Crippen molar-refractivity contribution in [3.05, 3.63) is 66.2 Å². The van der Waals surface area contributed by atoms with Crippen molar-refractivity contribution < 1.29 is 13.9 Å². The average Bonchev–Trinajstić information content (AvgIpc) is 3.29. The molecule has 1 fully saturated rings. The normalized spacial score (nSPS) is 14.0. The topological polar surface area (TPSA) is 89.3 Å². The summed E-state index contributed by atoms with van der Waals surface area (Å²) in [5, 5.41) is 8.42. The Morgan fingerprint density at radius 3 is 2.67 bits per heavy atom. The number of amides is 1. The number of ether oxygens (including phenoxy) is 1. The number of benzene rings is 2. The number of hydrogen-bond acceptors (Lipinski definition) is 7. The molecule has 1 amide bonds. The predicted molar refractivity (Wildman–Crippen MR) is 120 cm³/mol. The minimum absolute atomic E-state index is 0.0522. The summed E-state index contributed by atoms with van der Waals surface area (Å²) in [7, 11) is 0. The number of fused-ring (bicyclic) bond motifs is 1. The molecule has 0 aliphatic carbocycles. The molecule has 4 aromatic rings.